The maximum absolute atomic E-state index is 12.1. The van der Waals surface area contributed by atoms with Crippen LogP contribution in [0.3, 0.4) is 0 Å². The smallest absolute Gasteiger partial charge is 0.167 e. The molecule has 0 aliphatic heterocycles. The van der Waals surface area contributed by atoms with Crippen molar-refractivity contribution in [2.24, 2.45) is 0 Å². The summed E-state index contributed by atoms with van der Waals surface area (Å²) in [6.07, 6.45) is 0.485. The van der Waals surface area contributed by atoms with Crippen LogP contribution in [0.1, 0.15) is 46.6 Å². The van der Waals surface area contributed by atoms with Crippen LogP contribution in [0, 0.1) is 6.92 Å². The molecule has 1 heterocycles. The number of benzene rings is 1. The summed E-state index contributed by atoms with van der Waals surface area (Å²) in [5.41, 5.74) is 2.21. The van der Waals surface area contributed by atoms with Gasteiger partial charge >= 0.3 is 0 Å². The molecule has 20 heavy (non-hydrogen) atoms. The fourth-order valence-electron chi connectivity index (χ4n) is 2.58. The molecule has 0 spiro atoms. The number of hydrogen-bond donors (Lipinski definition) is 0. The zero-order chi connectivity index (χ0) is 14.3. The fourth-order valence-corrected chi connectivity index (χ4v) is 2.93. The summed E-state index contributed by atoms with van der Waals surface area (Å²) in [4.78, 5) is 12.1. The van der Waals surface area contributed by atoms with Crippen LogP contribution in [0.4, 0.5) is 0 Å². The summed E-state index contributed by atoms with van der Waals surface area (Å²) in [6.45, 7) is 4.09. The number of ketones is 1. The third-order valence-corrected chi connectivity index (χ3v) is 3.80. The number of aryl methyl sites for hydroxylation is 1. The van der Waals surface area contributed by atoms with Crippen LogP contribution < -0.4 is 4.74 Å². The van der Waals surface area contributed by atoms with Gasteiger partial charge in [0.2, 0.25) is 0 Å². The number of fused-ring (bicyclic) bond motifs is 1. The highest BCUT2D eigenvalue weighted by Gasteiger charge is 2.31. The van der Waals surface area contributed by atoms with Gasteiger partial charge in [-0.3, -0.25) is 4.79 Å². The Hall–Kier alpha value is -1.81. The Balaban J connectivity index is 1.89. The van der Waals surface area contributed by atoms with Crippen LogP contribution in [0.25, 0.3) is 0 Å². The van der Waals surface area contributed by atoms with E-state index in [0.717, 1.165) is 11.3 Å². The molecule has 4 nitrogen and oxygen atoms in total. The highest BCUT2D eigenvalue weighted by molar-refractivity contribution is 6.32. The summed E-state index contributed by atoms with van der Waals surface area (Å²) in [5, 5.41) is 4.49. The van der Waals surface area contributed by atoms with Gasteiger partial charge in [0.15, 0.2) is 5.78 Å². The third kappa shape index (κ3) is 2.20. The van der Waals surface area contributed by atoms with Gasteiger partial charge in [-0.25, -0.2) is 0 Å². The van der Waals surface area contributed by atoms with Crippen LogP contribution in [0.15, 0.2) is 22.7 Å². The summed E-state index contributed by atoms with van der Waals surface area (Å²) < 4.78 is 10.7. The Kier molecular flexibility index (Phi) is 3.26. The Bertz CT molecular complexity index is 678. The Labute approximate surface area is 121 Å². The van der Waals surface area contributed by atoms with Crippen molar-refractivity contribution in [2.75, 3.05) is 0 Å². The number of halogens is 1. The van der Waals surface area contributed by atoms with Gasteiger partial charge in [-0.15, -0.1) is 0 Å². The predicted octanol–water partition coefficient (Wildman–Crippen LogP) is 3.91. The molecule has 3 rings (SSSR count). The predicted molar refractivity (Wildman–Crippen MR) is 74.4 cm³/mol. The maximum Gasteiger partial charge on any atom is 0.167 e. The summed E-state index contributed by atoms with van der Waals surface area (Å²) in [5.74, 6) is 1.53. The minimum atomic E-state index is 0.0846. The Morgan fingerprint density at radius 1 is 1.50 bits per heavy atom. The highest BCUT2D eigenvalue weighted by atomic mass is 35.5. The minimum Gasteiger partial charge on any atom is -0.486 e. The molecule has 0 saturated carbocycles. The highest BCUT2D eigenvalue weighted by Crippen LogP contribution is 2.42. The molecule has 5 heteroatoms. The van der Waals surface area contributed by atoms with E-state index in [4.69, 9.17) is 20.9 Å². The molecule has 0 bridgehead atoms. The van der Waals surface area contributed by atoms with Crippen molar-refractivity contribution >= 4 is 17.4 Å². The average molecular weight is 292 g/mol. The molecule has 0 fully saturated rings. The van der Waals surface area contributed by atoms with E-state index in [9.17, 15) is 4.79 Å². The SMILES string of the molecule is Cc1cc(COc2ccc(Cl)c3c2C(=O)CC3C)no1. The van der Waals surface area contributed by atoms with Gasteiger partial charge in [-0.2, -0.15) is 0 Å². The van der Waals surface area contributed by atoms with Crippen molar-refractivity contribution in [2.45, 2.75) is 32.8 Å². The summed E-state index contributed by atoms with van der Waals surface area (Å²) >= 11 is 6.19. The Morgan fingerprint density at radius 2 is 2.30 bits per heavy atom. The zero-order valence-electron chi connectivity index (χ0n) is 11.3. The van der Waals surface area contributed by atoms with Gasteiger partial charge in [-0.05, 0) is 30.5 Å². The van der Waals surface area contributed by atoms with Crippen molar-refractivity contribution in [3.8, 4) is 5.75 Å². The number of hydrogen-bond acceptors (Lipinski definition) is 4. The first-order valence-corrected chi connectivity index (χ1v) is 6.84. The molecule has 1 atom stereocenters. The number of rotatable bonds is 3. The number of carbonyl (C=O) groups is 1. The van der Waals surface area contributed by atoms with Gasteiger partial charge in [0.1, 0.15) is 23.8 Å². The monoisotopic (exact) mass is 291 g/mol. The number of nitrogens with zero attached hydrogens (tertiary/aromatic N) is 1. The standard InChI is InChI=1S/C15H14ClNO3/c1-8-5-12(18)15-13(4-3-11(16)14(8)15)19-7-10-6-9(2)20-17-10/h3-4,6,8H,5,7H2,1-2H3. The van der Waals surface area contributed by atoms with E-state index < -0.39 is 0 Å². The van der Waals surface area contributed by atoms with Gasteiger partial charge in [0.25, 0.3) is 0 Å². The maximum atomic E-state index is 12.1. The molecular formula is C15H14ClNO3. The lowest BCUT2D eigenvalue weighted by Gasteiger charge is -2.11. The second-order valence-corrected chi connectivity index (χ2v) is 5.49. The van der Waals surface area contributed by atoms with Crippen LogP contribution in [0.5, 0.6) is 5.75 Å². The first kappa shape index (κ1) is 13.2. The van der Waals surface area contributed by atoms with Crippen molar-refractivity contribution < 1.29 is 14.1 Å². The van der Waals surface area contributed by atoms with E-state index in [2.05, 4.69) is 5.16 Å². The first-order valence-electron chi connectivity index (χ1n) is 6.47. The minimum absolute atomic E-state index is 0.0846. The molecule has 1 aromatic heterocycles. The second-order valence-electron chi connectivity index (χ2n) is 5.08. The van der Waals surface area contributed by atoms with Gasteiger partial charge in [-0.1, -0.05) is 23.7 Å². The molecule has 104 valence electrons. The molecule has 2 aromatic rings. The molecule has 0 amide bonds. The zero-order valence-corrected chi connectivity index (χ0v) is 12.0. The van der Waals surface area contributed by atoms with Crippen molar-refractivity contribution in [1.29, 1.82) is 0 Å². The van der Waals surface area contributed by atoms with E-state index in [1.807, 2.05) is 13.8 Å². The summed E-state index contributed by atoms with van der Waals surface area (Å²) in [7, 11) is 0. The quantitative estimate of drug-likeness (QED) is 0.860. The third-order valence-electron chi connectivity index (χ3n) is 3.47. The molecule has 0 radical (unpaired) electrons. The molecule has 0 saturated heterocycles. The van der Waals surface area contributed by atoms with Crippen molar-refractivity contribution in [3.05, 3.63) is 45.8 Å². The molecule has 1 aromatic carbocycles. The molecule has 1 unspecified atom stereocenters. The van der Waals surface area contributed by atoms with Crippen molar-refractivity contribution in [1.82, 2.24) is 5.16 Å². The molecule has 0 N–H and O–H groups in total. The van der Waals surface area contributed by atoms with E-state index in [-0.39, 0.29) is 18.3 Å². The second kappa shape index (κ2) is 4.94. The van der Waals surface area contributed by atoms with Crippen LogP contribution in [0.2, 0.25) is 5.02 Å². The number of carbonyl (C=O) groups excluding carboxylic acids is 1. The van der Waals surface area contributed by atoms with Crippen molar-refractivity contribution in [3.63, 3.8) is 0 Å². The molecule has 1 aliphatic carbocycles. The Morgan fingerprint density at radius 3 is 3.00 bits per heavy atom. The number of aromatic nitrogens is 1. The lowest BCUT2D eigenvalue weighted by atomic mass is 10.0. The largest absolute Gasteiger partial charge is 0.486 e. The summed E-state index contributed by atoms with van der Waals surface area (Å²) in [6, 6.07) is 5.32. The number of ether oxygens (including phenoxy) is 1. The van der Waals surface area contributed by atoms with E-state index >= 15 is 0 Å². The van der Waals surface area contributed by atoms with Gasteiger partial charge in [0.05, 0.1) is 5.56 Å². The van der Waals surface area contributed by atoms with Gasteiger partial charge in [0, 0.05) is 17.5 Å². The normalized spacial score (nSPS) is 17.4. The molecular weight excluding hydrogens is 278 g/mol. The average Bonchev–Trinajstić information content (AvgIpc) is 2.94. The van der Waals surface area contributed by atoms with Crippen LogP contribution >= 0.6 is 11.6 Å². The van der Waals surface area contributed by atoms with Crippen LogP contribution in [-0.2, 0) is 6.61 Å². The van der Waals surface area contributed by atoms with Gasteiger partial charge < -0.3 is 9.26 Å². The van der Waals surface area contributed by atoms with Crippen LogP contribution in [-0.4, -0.2) is 10.9 Å². The van der Waals surface area contributed by atoms with E-state index in [0.29, 0.717) is 28.5 Å². The molecule has 1 aliphatic rings. The van der Waals surface area contributed by atoms with E-state index in [1.54, 1.807) is 18.2 Å². The lowest BCUT2D eigenvalue weighted by molar-refractivity contribution is 0.0986. The first-order chi connectivity index (χ1) is 9.56. The van der Waals surface area contributed by atoms with E-state index in [1.165, 1.54) is 0 Å². The number of Topliss-reactive ketones (excluding diaryl/α,β-unsaturated/α-hetero) is 1. The lowest BCUT2D eigenvalue weighted by Crippen LogP contribution is -2.02. The topological polar surface area (TPSA) is 52.3 Å². The fraction of sp³-hybridized carbons (Fsp3) is 0.333.